The number of hydrogen-bond acceptors (Lipinski definition) is 5. The zero-order valence-electron chi connectivity index (χ0n) is 17.4. The first-order valence-corrected chi connectivity index (χ1v) is 11.2. The summed E-state index contributed by atoms with van der Waals surface area (Å²) < 4.78 is 97.0. The third-order valence-electron chi connectivity index (χ3n) is 4.28. The van der Waals surface area contributed by atoms with Crippen molar-refractivity contribution in [3.8, 4) is 11.5 Å². The first-order chi connectivity index (χ1) is 16.1. The molecule has 180 valence electrons. The summed E-state index contributed by atoms with van der Waals surface area (Å²) in [6.07, 6.45) is 0. The summed E-state index contributed by atoms with van der Waals surface area (Å²) in [6, 6.07) is 14.1. The van der Waals surface area contributed by atoms with E-state index in [0.29, 0.717) is 5.56 Å². The molecular weight excluding hydrogens is 484 g/mol. The Balaban J connectivity index is 1.86. The molecule has 34 heavy (non-hydrogen) atoms. The molecular formula is C22H17F5NO5P. The van der Waals surface area contributed by atoms with Crippen molar-refractivity contribution < 1.29 is 45.1 Å². The standard InChI is InChI=1S/C22H17F5NO5P/c1-13(22(29)31-12-14-8-4-2-5-9-14)28-34(30,32-15-10-6-3-7-11-15)33-21-19(26)17(24)16(23)18(25)20(21)27/h2-11,13H,12H2,1H3,(H,28,30)/t13-,34+/m0/s1. The maximum absolute atomic E-state index is 14.1. The number of halogens is 5. The lowest BCUT2D eigenvalue weighted by atomic mass is 10.2. The smallest absolute Gasteiger partial charge is 0.460 e. The molecule has 0 heterocycles. The summed E-state index contributed by atoms with van der Waals surface area (Å²) >= 11 is 0. The zero-order valence-corrected chi connectivity index (χ0v) is 18.3. The predicted molar refractivity (Wildman–Crippen MR) is 110 cm³/mol. The molecule has 12 heteroatoms. The Hall–Kier alpha value is -3.43. The van der Waals surface area contributed by atoms with Gasteiger partial charge in [-0.2, -0.15) is 13.9 Å². The first-order valence-electron chi connectivity index (χ1n) is 9.65. The van der Waals surface area contributed by atoms with E-state index < -0.39 is 54.6 Å². The highest BCUT2D eigenvalue weighted by atomic mass is 31.2. The molecule has 0 aliphatic rings. The fraction of sp³-hybridized carbons (Fsp3) is 0.136. The Labute approximate surface area is 190 Å². The summed E-state index contributed by atoms with van der Waals surface area (Å²) in [4.78, 5) is 12.4. The van der Waals surface area contributed by atoms with E-state index in [1.54, 1.807) is 36.4 Å². The highest BCUT2D eigenvalue weighted by Crippen LogP contribution is 2.47. The van der Waals surface area contributed by atoms with Crippen LogP contribution < -0.4 is 14.1 Å². The van der Waals surface area contributed by atoms with Crippen molar-refractivity contribution in [2.24, 2.45) is 0 Å². The molecule has 0 unspecified atom stereocenters. The number of benzene rings is 3. The molecule has 0 aliphatic heterocycles. The average Bonchev–Trinajstić information content (AvgIpc) is 2.84. The number of carbonyl (C=O) groups is 1. The van der Waals surface area contributed by atoms with Gasteiger partial charge in [-0.05, 0) is 24.6 Å². The number of ether oxygens (including phenoxy) is 1. The molecule has 0 saturated heterocycles. The second-order valence-electron chi connectivity index (χ2n) is 6.84. The van der Waals surface area contributed by atoms with Crippen molar-refractivity contribution >= 4 is 13.7 Å². The summed E-state index contributed by atoms with van der Waals surface area (Å²) in [7, 11) is -4.96. The van der Waals surface area contributed by atoms with Crippen molar-refractivity contribution in [3.05, 3.63) is 95.3 Å². The van der Waals surface area contributed by atoms with Gasteiger partial charge in [-0.15, -0.1) is 0 Å². The van der Waals surface area contributed by atoms with Gasteiger partial charge in [0.05, 0.1) is 0 Å². The lowest BCUT2D eigenvalue weighted by Crippen LogP contribution is -2.36. The van der Waals surface area contributed by atoms with Gasteiger partial charge in [0, 0.05) is 0 Å². The third kappa shape index (κ3) is 5.92. The van der Waals surface area contributed by atoms with Crippen LogP contribution >= 0.6 is 7.75 Å². The van der Waals surface area contributed by atoms with Crippen LogP contribution in [0.3, 0.4) is 0 Å². The van der Waals surface area contributed by atoms with Gasteiger partial charge < -0.3 is 13.8 Å². The quantitative estimate of drug-likeness (QED) is 0.134. The molecule has 0 radical (unpaired) electrons. The highest BCUT2D eigenvalue weighted by Gasteiger charge is 2.38. The van der Waals surface area contributed by atoms with Gasteiger partial charge in [0.15, 0.2) is 0 Å². The van der Waals surface area contributed by atoms with E-state index in [2.05, 4.69) is 9.61 Å². The molecule has 0 bridgehead atoms. The molecule has 2 atom stereocenters. The van der Waals surface area contributed by atoms with Crippen molar-refractivity contribution in [1.82, 2.24) is 5.09 Å². The van der Waals surface area contributed by atoms with E-state index in [-0.39, 0.29) is 12.4 Å². The van der Waals surface area contributed by atoms with Gasteiger partial charge in [-0.1, -0.05) is 48.5 Å². The largest absolute Gasteiger partial charge is 0.513 e. The fourth-order valence-corrected chi connectivity index (χ4v) is 4.14. The molecule has 0 aromatic heterocycles. The second kappa shape index (κ2) is 10.7. The molecule has 0 amide bonds. The summed E-state index contributed by atoms with van der Waals surface area (Å²) in [5, 5.41) is 2.10. The Bertz CT molecular complexity index is 1180. The van der Waals surface area contributed by atoms with E-state index >= 15 is 0 Å². The van der Waals surface area contributed by atoms with Crippen LogP contribution in [0.15, 0.2) is 60.7 Å². The van der Waals surface area contributed by atoms with Crippen LogP contribution in [-0.2, 0) is 20.7 Å². The van der Waals surface area contributed by atoms with E-state index in [1.165, 1.54) is 31.2 Å². The molecule has 3 aromatic rings. The predicted octanol–water partition coefficient (Wildman–Crippen LogP) is 5.67. The van der Waals surface area contributed by atoms with Gasteiger partial charge in [-0.25, -0.2) is 17.7 Å². The maximum atomic E-state index is 14.1. The fourth-order valence-electron chi connectivity index (χ4n) is 2.62. The number of carbonyl (C=O) groups excluding carboxylic acids is 1. The van der Waals surface area contributed by atoms with Crippen LogP contribution in [0.25, 0.3) is 0 Å². The van der Waals surface area contributed by atoms with Crippen molar-refractivity contribution in [3.63, 3.8) is 0 Å². The molecule has 0 saturated carbocycles. The maximum Gasteiger partial charge on any atom is 0.513 e. The Morgan fingerprint density at radius 2 is 1.32 bits per heavy atom. The number of hydrogen-bond donors (Lipinski definition) is 1. The summed E-state index contributed by atoms with van der Waals surface area (Å²) in [5.41, 5.74) is 0.643. The lowest BCUT2D eigenvalue weighted by molar-refractivity contribution is -0.146. The van der Waals surface area contributed by atoms with E-state index in [1.807, 2.05) is 0 Å². The van der Waals surface area contributed by atoms with Crippen molar-refractivity contribution in [2.75, 3.05) is 0 Å². The lowest BCUT2D eigenvalue weighted by Gasteiger charge is -2.23. The topological polar surface area (TPSA) is 73.9 Å². The molecule has 6 nitrogen and oxygen atoms in total. The SMILES string of the molecule is C[C@H](N[P@@](=O)(Oc1ccccc1)Oc1c(F)c(F)c(F)c(F)c1F)C(=O)OCc1ccccc1. The van der Waals surface area contributed by atoms with Crippen molar-refractivity contribution in [2.45, 2.75) is 19.6 Å². The van der Waals surface area contributed by atoms with Crippen LogP contribution in [0.4, 0.5) is 22.0 Å². The van der Waals surface area contributed by atoms with Crippen molar-refractivity contribution in [1.29, 1.82) is 0 Å². The summed E-state index contributed by atoms with van der Waals surface area (Å²) in [6.45, 7) is 1.03. The second-order valence-corrected chi connectivity index (χ2v) is 8.45. The van der Waals surface area contributed by atoms with Gasteiger partial charge in [0.25, 0.3) is 0 Å². The molecule has 3 aromatic carbocycles. The normalized spacial score (nSPS) is 13.6. The van der Waals surface area contributed by atoms with Crippen LogP contribution in [0.5, 0.6) is 11.5 Å². The van der Waals surface area contributed by atoms with E-state index in [9.17, 15) is 31.3 Å². The van der Waals surface area contributed by atoms with E-state index in [4.69, 9.17) is 9.26 Å². The first kappa shape index (κ1) is 25.2. The number of para-hydroxylation sites is 1. The molecule has 0 fully saturated rings. The molecule has 3 rings (SSSR count). The van der Waals surface area contributed by atoms with Crippen LogP contribution in [0.2, 0.25) is 0 Å². The monoisotopic (exact) mass is 501 g/mol. The molecule has 1 N–H and O–H groups in total. The highest BCUT2D eigenvalue weighted by molar-refractivity contribution is 7.52. The van der Waals surface area contributed by atoms with Gasteiger partial charge in [0.1, 0.15) is 18.4 Å². The van der Waals surface area contributed by atoms with Crippen LogP contribution in [0, 0.1) is 29.1 Å². The average molecular weight is 501 g/mol. The Kier molecular flexibility index (Phi) is 7.90. The Morgan fingerprint density at radius 1 is 0.824 bits per heavy atom. The number of rotatable bonds is 9. The zero-order chi connectivity index (χ0) is 24.9. The molecule has 0 spiro atoms. The number of nitrogens with one attached hydrogen (secondary N) is 1. The Morgan fingerprint density at radius 3 is 1.88 bits per heavy atom. The minimum Gasteiger partial charge on any atom is -0.460 e. The van der Waals surface area contributed by atoms with Crippen LogP contribution in [-0.4, -0.2) is 12.0 Å². The van der Waals surface area contributed by atoms with E-state index in [0.717, 1.165) is 0 Å². The van der Waals surface area contributed by atoms with Gasteiger partial charge >= 0.3 is 13.7 Å². The summed E-state index contributed by atoms with van der Waals surface area (Å²) in [5.74, 6) is -14.7. The van der Waals surface area contributed by atoms with Crippen LogP contribution in [0.1, 0.15) is 12.5 Å². The third-order valence-corrected chi connectivity index (χ3v) is 5.86. The van der Waals surface area contributed by atoms with Gasteiger partial charge in [-0.3, -0.25) is 4.79 Å². The number of esters is 1. The van der Waals surface area contributed by atoms with Gasteiger partial charge in [0.2, 0.25) is 34.8 Å². The molecule has 0 aliphatic carbocycles. The minimum atomic E-state index is -4.96. The minimum absolute atomic E-state index is 0.145.